The fourth-order valence-electron chi connectivity index (χ4n) is 2.20. The summed E-state index contributed by atoms with van der Waals surface area (Å²) in [5, 5.41) is 0. The van der Waals surface area contributed by atoms with E-state index in [-0.39, 0.29) is 5.91 Å². The fourth-order valence-corrected chi connectivity index (χ4v) is 2.20. The van der Waals surface area contributed by atoms with Gasteiger partial charge in [-0.2, -0.15) is 0 Å². The van der Waals surface area contributed by atoms with Gasteiger partial charge < -0.3 is 4.90 Å². The van der Waals surface area contributed by atoms with E-state index in [1.807, 2.05) is 36.1 Å². The first-order chi connectivity index (χ1) is 9.20. The molecule has 0 unspecified atom stereocenters. The maximum atomic E-state index is 12.6. The molecule has 106 valence electrons. The summed E-state index contributed by atoms with van der Waals surface area (Å²) in [5.41, 5.74) is 1.93. The molecule has 0 saturated heterocycles. The lowest BCUT2D eigenvalue weighted by Gasteiger charge is -2.23. The Morgan fingerprint density at radius 2 is 1.63 bits per heavy atom. The zero-order valence-electron chi connectivity index (χ0n) is 12.6. The van der Waals surface area contributed by atoms with Crippen LogP contribution in [0.2, 0.25) is 0 Å². The average molecular weight is 261 g/mol. The number of aryl methyl sites for hydroxylation is 1. The van der Waals surface area contributed by atoms with E-state index in [0.29, 0.717) is 0 Å². The molecule has 0 aromatic heterocycles. The second-order valence-corrected chi connectivity index (χ2v) is 5.17. The average Bonchev–Trinajstić information content (AvgIpc) is 2.42. The van der Waals surface area contributed by atoms with Gasteiger partial charge in [0.1, 0.15) is 0 Å². The first kappa shape index (κ1) is 15.7. The summed E-state index contributed by atoms with van der Waals surface area (Å²) in [4.78, 5) is 14.6. The van der Waals surface area contributed by atoms with Gasteiger partial charge in [0, 0.05) is 18.7 Å². The smallest absolute Gasteiger partial charge is 0.254 e. The summed E-state index contributed by atoms with van der Waals surface area (Å²) in [6.07, 6.45) is 5.72. The number of unbranched alkanes of at least 4 members (excludes halogenated alkanes) is 3. The Morgan fingerprint density at radius 1 is 1.00 bits per heavy atom. The minimum absolute atomic E-state index is 0.197. The molecule has 2 heteroatoms. The van der Waals surface area contributed by atoms with Crippen molar-refractivity contribution in [3.63, 3.8) is 0 Å². The molecule has 19 heavy (non-hydrogen) atoms. The number of benzene rings is 1. The third-order valence-corrected chi connectivity index (χ3v) is 3.48. The van der Waals surface area contributed by atoms with Crippen molar-refractivity contribution in [3.05, 3.63) is 35.4 Å². The van der Waals surface area contributed by atoms with Crippen LogP contribution in [-0.4, -0.2) is 23.9 Å². The number of rotatable bonds is 8. The highest BCUT2D eigenvalue weighted by atomic mass is 16.2. The van der Waals surface area contributed by atoms with E-state index >= 15 is 0 Å². The maximum absolute atomic E-state index is 12.6. The molecule has 0 N–H and O–H groups in total. The first-order valence-electron chi connectivity index (χ1n) is 7.55. The predicted octanol–water partition coefficient (Wildman–Crippen LogP) is 4.43. The van der Waals surface area contributed by atoms with E-state index in [0.717, 1.165) is 43.5 Å². The lowest BCUT2D eigenvalue weighted by Crippen LogP contribution is -2.33. The van der Waals surface area contributed by atoms with Gasteiger partial charge in [0.25, 0.3) is 5.91 Å². The van der Waals surface area contributed by atoms with Crippen molar-refractivity contribution >= 4 is 5.91 Å². The van der Waals surface area contributed by atoms with Gasteiger partial charge in [-0.25, -0.2) is 0 Å². The predicted molar refractivity (Wildman–Crippen MR) is 81.5 cm³/mol. The van der Waals surface area contributed by atoms with Crippen molar-refractivity contribution < 1.29 is 4.79 Å². The van der Waals surface area contributed by atoms with Crippen molar-refractivity contribution in [2.24, 2.45) is 0 Å². The van der Waals surface area contributed by atoms with E-state index in [4.69, 9.17) is 0 Å². The highest BCUT2D eigenvalue weighted by Crippen LogP contribution is 2.12. The van der Waals surface area contributed by atoms with Crippen LogP contribution in [-0.2, 0) is 0 Å². The van der Waals surface area contributed by atoms with Crippen LogP contribution in [0.1, 0.15) is 61.9 Å². The Morgan fingerprint density at radius 3 is 2.26 bits per heavy atom. The van der Waals surface area contributed by atoms with E-state index in [1.54, 1.807) is 0 Å². The highest BCUT2D eigenvalue weighted by Gasteiger charge is 2.16. The summed E-state index contributed by atoms with van der Waals surface area (Å²) < 4.78 is 0. The first-order valence-corrected chi connectivity index (χ1v) is 7.55. The van der Waals surface area contributed by atoms with Crippen LogP contribution in [0.3, 0.4) is 0 Å². The molecule has 0 saturated carbocycles. The van der Waals surface area contributed by atoms with Gasteiger partial charge in [-0.1, -0.05) is 51.3 Å². The lowest BCUT2D eigenvalue weighted by atomic mass is 10.1. The van der Waals surface area contributed by atoms with Gasteiger partial charge >= 0.3 is 0 Å². The van der Waals surface area contributed by atoms with E-state index in [2.05, 4.69) is 13.8 Å². The number of nitrogens with zero attached hydrogens (tertiary/aromatic N) is 1. The second kappa shape index (κ2) is 8.73. The van der Waals surface area contributed by atoms with E-state index in [9.17, 15) is 4.79 Å². The molecule has 2 nitrogen and oxygen atoms in total. The van der Waals surface area contributed by atoms with Crippen molar-refractivity contribution in [1.29, 1.82) is 0 Å². The van der Waals surface area contributed by atoms with Crippen LogP contribution in [0.15, 0.2) is 24.3 Å². The number of carbonyl (C=O) groups is 1. The molecule has 0 aliphatic heterocycles. The molecule has 0 spiro atoms. The number of hydrogen-bond acceptors (Lipinski definition) is 1. The van der Waals surface area contributed by atoms with Crippen LogP contribution >= 0.6 is 0 Å². The Kier molecular flexibility index (Phi) is 7.24. The van der Waals surface area contributed by atoms with Gasteiger partial charge in [-0.05, 0) is 31.4 Å². The van der Waals surface area contributed by atoms with Crippen LogP contribution in [0, 0.1) is 6.92 Å². The van der Waals surface area contributed by atoms with Crippen LogP contribution in [0.4, 0.5) is 0 Å². The van der Waals surface area contributed by atoms with E-state index in [1.165, 1.54) is 12.8 Å². The molecular formula is C17H27NO. The molecule has 1 aromatic rings. The molecule has 1 aromatic carbocycles. The highest BCUT2D eigenvalue weighted by molar-refractivity contribution is 5.95. The lowest BCUT2D eigenvalue weighted by molar-refractivity contribution is 0.0749. The Hall–Kier alpha value is -1.31. The molecule has 0 atom stereocenters. The number of hydrogen-bond donors (Lipinski definition) is 0. The van der Waals surface area contributed by atoms with Crippen molar-refractivity contribution in [1.82, 2.24) is 4.90 Å². The maximum Gasteiger partial charge on any atom is 0.254 e. The van der Waals surface area contributed by atoms with E-state index < -0.39 is 0 Å². The number of carbonyl (C=O) groups excluding carboxylic acids is 1. The standard InChI is InChI=1S/C17H27NO/c1-4-6-10-14-18(13-7-5-2)17(19)16-12-9-8-11-15(16)3/h8-9,11-12H,4-7,10,13-14H2,1-3H3. The van der Waals surface area contributed by atoms with Crippen LogP contribution in [0.5, 0.6) is 0 Å². The Balaban J connectivity index is 2.72. The van der Waals surface area contributed by atoms with Gasteiger partial charge in [-0.15, -0.1) is 0 Å². The molecule has 0 aliphatic rings. The zero-order valence-corrected chi connectivity index (χ0v) is 12.6. The summed E-state index contributed by atoms with van der Waals surface area (Å²) in [6, 6.07) is 7.89. The third kappa shape index (κ3) is 5.06. The van der Waals surface area contributed by atoms with Gasteiger partial charge in [0.2, 0.25) is 0 Å². The normalized spacial score (nSPS) is 10.5. The topological polar surface area (TPSA) is 20.3 Å². The molecule has 0 fully saturated rings. The van der Waals surface area contributed by atoms with Crippen molar-refractivity contribution in [2.45, 2.75) is 52.9 Å². The van der Waals surface area contributed by atoms with Gasteiger partial charge in [0.15, 0.2) is 0 Å². The third-order valence-electron chi connectivity index (χ3n) is 3.48. The minimum atomic E-state index is 0.197. The fraction of sp³-hybridized carbons (Fsp3) is 0.588. The Labute approximate surface area is 117 Å². The van der Waals surface area contributed by atoms with Crippen molar-refractivity contribution in [3.8, 4) is 0 Å². The molecule has 1 rings (SSSR count). The van der Waals surface area contributed by atoms with Crippen molar-refractivity contribution in [2.75, 3.05) is 13.1 Å². The SMILES string of the molecule is CCCCCN(CCCC)C(=O)c1ccccc1C. The molecular weight excluding hydrogens is 234 g/mol. The molecule has 0 aliphatic carbocycles. The summed E-state index contributed by atoms with van der Waals surface area (Å²) >= 11 is 0. The molecule has 1 amide bonds. The molecule has 0 bridgehead atoms. The molecule has 0 radical (unpaired) electrons. The monoisotopic (exact) mass is 261 g/mol. The minimum Gasteiger partial charge on any atom is -0.339 e. The largest absolute Gasteiger partial charge is 0.339 e. The number of amides is 1. The van der Waals surface area contributed by atoms with Crippen LogP contribution in [0.25, 0.3) is 0 Å². The molecule has 0 heterocycles. The van der Waals surface area contributed by atoms with Gasteiger partial charge in [0.05, 0.1) is 0 Å². The Bertz CT molecular complexity index is 387. The zero-order chi connectivity index (χ0) is 14.1. The van der Waals surface area contributed by atoms with Crippen LogP contribution < -0.4 is 0 Å². The summed E-state index contributed by atoms with van der Waals surface area (Å²) in [7, 11) is 0. The quantitative estimate of drug-likeness (QED) is 0.634. The summed E-state index contributed by atoms with van der Waals surface area (Å²) in [5.74, 6) is 0.197. The second-order valence-electron chi connectivity index (χ2n) is 5.17. The summed E-state index contributed by atoms with van der Waals surface area (Å²) in [6.45, 7) is 8.15. The van der Waals surface area contributed by atoms with Gasteiger partial charge in [-0.3, -0.25) is 4.79 Å².